The van der Waals surface area contributed by atoms with Crippen molar-refractivity contribution < 1.29 is 9.53 Å². The molecule has 2 saturated heterocycles. The van der Waals surface area contributed by atoms with E-state index in [1.807, 2.05) is 24.3 Å². The molecule has 4 rings (SSSR count). The van der Waals surface area contributed by atoms with E-state index in [2.05, 4.69) is 25.2 Å². The van der Waals surface area contributed by atoms with Gasteiger partial charge in [0.15, 0.2) is 0 Å². The molecule has 1 amide bonds. The second-order valence-corrected chi connectivity index (χ2v) is 6.50. The van der Waals surface area contributed by atoms with Crippen molar-refractivity contribution in [3.8, 4) is 0 Å². The molecule has 0 bridgehead atoms. The largest absolute Gasteiger partial charge is 0.363 e. The first kappa shape index (κ1) is 16.0. The molecular formula is C18H21N5O2. The van der Waals surface area contributed by atoms with Crippen LogP contribution in [0.5, 0.6) is 0 Å². The molecule has 2 fully saturated rings. The third kappa shape index (κ3) is 3.61. The molecular weight excluding hydrogens is 318 g/mol. The van der Waals surface area contributed by atoms with Gasteiger partial charge in [-0.05, 0) is 37.0 Å². The van der Waals surface area contributed by atoms with E-state index in [4.69, 9.17) is 4.74 Å². The third-order valence-electron chi connectivity index (χ3n) is 4.90. The summed E-state index contributed by atoms with van der Waals surface area (Å²) < 4.78 is 6.05. The highest BCUT2D eigenvalue weighted by molar-refractivity contribution is 5.81. The zero-order valence-electron chi connectivity index (χ0n) is 13.9. The Labute approximate surface area is 146 Å². The van der Waals surface area contributed by atoms with Gasteiger partial charge in [-0.1, -0.05) is 6.07 Å². The highest BCUT2D eigenvalue weighted by Gasteiger charge is 2.42. The molecule has 2 aliphatic rings. The van der Waals surface area contributed by atoms with Crippen molar-refractivity contribution in [2.24, 2.45) is 5.92 Å². The fourth-order valence-corrected chi connectivity index (χ4v) is 3.57. The number of amides is 1. The minimum Gasteiger partial charge on any atom is -0.363 e. The summed E-state index contributed by atoms with van der Waals surface area (Å²) in [4.78, 5) is 27.1. The summed E-state index contributed by atoms with van der Waals surface area (Å²) in [7, 11) is 0. The molecule has 130 valence electrons. The maximum atomic E-state index is 12.4. The zero-order chi connectivity index (χ0) is 17.1. The number of hydrogen-bond acceptors (Lipinski definition) is 6. The summed E-state index contributed by atoms with van der Waals surface area (Å²) in [5, 5.41) is 2.93. The Morgan fingerprint density at radius 3 is 3.04 bits per heavy atom. The predicted molar refractivity (Wildman–Crippen MR) is 91.7 cm³/mol. The number of hydrogen-bond donors (Lipinski definition) is 1. The van der Waals surface area contributed by atoms with E-state index in [0.29, 0.717) is 12.5 Å². The molecule has 0 aromatic carbocycles. The number of ether oxygens (including phenoxy) is 1. The second-order valence-electron chi connectivity index (χ2n) is 6.50. The molecule has 0 saturated carbocycles. The SMILES string of the molecule is O=C(NCc1ccccn1)[C@@H]1C[C@H]2CCN(c3ccncn3)C[C@@H]2O1. The monoisotopic (exact) mass is 339 g/mol. The van der Waals surface area contributed by atoms with Gasteiger partial charge in [0, 0.05) is 25.5 Å². The van der Waals surface area contributed by atoms with Gasteiger partial charge < -0.3 is 15.0 Å². The number of anilines is 1. The van der Waals surface area contributed by atoms with Crippen LogP contribution in [0.25, 0.3) is 0 Å². The molecule has 7 heteroatoms. The zero-order valence-corrected chi connectivity index (χ0v) is 13.9. The van der Waals surface area contributed by atoms with Crippen LogP contribution in [0.15, 0.2) is 43.0 Å². The molecule has 2 aromatic rings. The van der Waals surface area contributed by atoms with E-state index in [-0.39, 0.29) is 18.1 Å². The Hall–Kier alpha value is -2.54. The van der Waals surface area contributed by atoms with E-state index in [1.54, 1.807) is 18.7 Å². The summed E-state index contributed by atoms with van der Waals surface area (Å²) in [6.07, 6.45) is 6.54. The molecule has 0 aliphatic carbocycles. The fourth-order valence-electron chi connectivity index (χ4n) is 3.57. The number of nitrogens with one attached hydrogen (secondary N) is 1. The molecule has 1 N–H and O–H groups in total. The quantitative estimate of drug-likeness (QED) is 0.901. The maximum Gasteiger partial charge on any atom is 0.249 e. The van der Waals surface area contributed by atoms with Crippen molar-refractivity contribution in [2.45, 2.75) is 31.6 Å². The van der Waals surface area contributed by atoms with Crippen molar-refractivity contribution >= 4 is 11.7 Å². The second kappa shape index (κ2) is 7.14. The van der Waals surface area contributed by atoms with Crippen molar-refractivity contribution in [2.75, 3.05) is 18.0 Å². The molecule has 0 radical (unpaired) electrons. The molecule has 3 atom stereocenters. The molecule has 25 heavy (non-hydrogen) atoms. The van der Waals surface area contributed by atoms with Gasteiger partial charge in [0.2, 0.25) is 5.91 Å². The van der Waals surface area contributed by atoms with Crippen LogP contribution in [0.2, 0.25) is 0 Å². The number of pyridine rings is 1. The van der Waals surface area contributed by atoms with Crippen LogP contribution >= 0.6 is 0 Å². The van der Waals surface area contributed by atoms with Crippen LogP contribution in [0.4, 0.5) is 5.82 Å². The molecule has 7 nitrogen and oxygen atoms in total. The lowest BCUT2D eigenvalue weighted by Crippen LogP contribution is -2.43. The summed E-state index contributed by atoms with van der Waals surface area (Å²) in [5.41, 5.74) is 0.848. The Balaban J connectivity index is 1.32. The molecule has 0 unspecified atom stereocenters. The number of piperidine rings is 1. The van der Waals surface area contributed by atoms with Crippen molar-refractivity contribution in [3.05, 3.63) is 48.7 Å². The Bertz CT molecular complexity index is 712. The van der Waals surface area contributed by atoms with Gasteiger partial charge in [-0.15, -0.1) is 0 Å². The number of carbonyl (C=O) groups is 1. The number of fused-ring (bicyclic) bond motifs is 1. The lowest BCUT2D eigenvalue weighted by molar-refractivity contribution is -0.132. The van der Waals surface area contributed by atoms with Gasteiger partial charge in [-0.3, -0.25) is 9.78 Å². The van der Waals surface area contributed by atoms with Crippen molar-refractivity contribution in [1.82, 2.24) is 20.3 Å². The topological polar surface area (TPSA) is 80.2 Å². The lowest BCUT2D eigenvalue weighted by atomic mass is 9.91. The lowest BCUT2D eigenvalue weighted by Gasteiger charge is -2.34. The van der Waals surface area contributed by atoms with Crippen molar-refractivity contribution in [3.63, 3.8) is 0 Å². The maximum absolute atomic E-state index is 12.4. The number of carbonyl (C=O) groups excluding carboxylic acids is 1. The van der Waals surface area contributed by atoms with Gasteiger partial charge in [0.1, 0.15) is 18.2 Å². The smallest absolute Gasteiger partial charge is 0.249 e. The van der Waals surface area contributed by atoms with Crippen molar-refractivity contribution in [1.29, 1.82) is 0 Å². The first-order chi connectivity index (χ1) is 12.3. The highest BCUT2D eigenvalue weighted by Crippen LogP contribution is 2.34. The predicted octanol–water partition coefficient (Wildman–Crippen LogP) is 1.17. The van der Waals surface area contributed by atoms with E-state index < -0.39 is 0 Å². The van der Waals surface area contributed by atoms with Crippen LogP contribution in [-0.2, 0) is 16.1 Å². The van der Waals surface area contributed by atoms with Gasteiger partial charge >= 0.3 is 0 Å². The van der Waals surface area contributed by atoms with Crippen LogP contribution < -0.4 is 10.2 Å². The molecule has 2 aliphatic heterocycles. The number of nitrogens with zero attached hydrogens (tertiary/aromatic N) is 4. The average Bonchev–Trinajstić information content (AvgIpc) is 3.11. The van der Waals surface area contributed by atoms with Gasteiger partial charge in [-0.2, -0.15) is 0 Å². The van der Waals surface area contributed by atoms with E-state index >= 15 is 0 Å². The van der Waals surface area contributed by atoms with Gasteiger partial charge in [0.25, 0.3) is 0 Å². The molecule has 0 spiro atoms. The number of rotatable bonds is 4. The van der Waals surface area contributed by atoms with Crippen LogP contribution in [0, 0.1) is 5.92 Å². The first-order valence-corrected chi connectivity index (χ1v) is 8.63. The summed E-state index contributed by atoms with van der Waals surface area (Å²) in [6.45, 7) is 2.14. The van der Waals surface area contributed by atoms with Gasteiger partial charge in [-0.25, -0.2) is 9.97 Å². The van der Waals surface area contributed by atoms with Crippen LogP contribution in [0.1, 0.15) is 18.5 Å². The minimum atomic E-state index is -0.371. The normalized spacial score (nSPS) is 25.4. The average molecular weight is 339 g/mol. The van der Waals surface area contributed by atoms with E-state index in [1.165, 1.54) is 0 Å². The molecule has 2 aromatic heterocycles. The third-order valence-corrected chi connectivity index (χ3v) is 4.90. The van der Waals surface area contributed by atoms with Gasteiger partial charge in [0.05, 0.1) is 18.3 Å². The Morgan fingerprint density at radius 2 is 2.24 bits per heavy atom. The summed E-state index contributed by atoms with van der Waals surface area (Å²) in [5.74, 6) is 1.30. The standard InChI is InChI=1S/C18H21N5O2/c24-18(21-10-14-3-1-2-6-20-14)15-9-13-5-8-23(11-16(13)25-15)17-4-7-19-12-22-17/h1-4,6-7,12-13,15-16H,5,8-11H2,(H,21,24)/t13-,15+,16+/m1/s1. The fraction of sp³-hybridized carbons (Fsp3) is 0.444. The van der Waals surface area contributed by atoms with Crippen LogP contribution in [0.3, 0.4) is 0 Å². The first-order valence-electron chi connectivity index (χ1n) is 8.63. The summed E-state index contributed by atoms with van der Waals surface area (Å²) in [6, 6.07) is 7.58. The minimum absolute atomic E-state index is 0.0476. The highest BCUT2D eigenvalue weighted by atomic mass is 16.5. The molecule has 4 heterocycles. The van der Waals surface area contributed by atoms with Crippen LogP contribution in [-0.4, -0.2) is 46.2 Å². The Morgan fingerprint density at radius 1 is 1.28 bits per heavy atom. The Kier molecular flexibility index (Phi) is 4.56. The van der Waals surface area contributed by atoms with E-state index in [9.17, 15) is 4.79 Å². The summed E-state index contributed by atoms with van der Waals surface area (Å²) >= 11 is 0. The van der Waals surface area contributed by atoms with E-state index in [0.717, 1.165) is 37.4 Å². The number of aromatic nitrogens is 3.